The first kappa shape index (κ1) is 48.3. The van der Waals surface area contributed by atoms with Crippen molar-refractivity contribution >= 4 is 19.4 Å². The van der Waals surface area contributed by atoms with Crippen LogP contribution in [-0.2, 0) is 0 Å². The molecular formula is C49H77BO5. The van der Waals surface area contributed by atoms with E-state index in [0.29, 0.717) is 17.3 Å². The molecule has 0 spiro atoms. The van der Waals surface area contributed by atoms with Crippen molar-refractivity contribution in [2.24, 2.45) is 51.2 Å². The van der Waals surface area contributed by atoms with Gasteiger partial charge in [0.2, 0.25) is 0 Å². The Balaban J connectivity index is 0.000000352. The smallest absolute Gasteiger partial charge is 0.170 e. The van der Waals surface area contributed by atoms with E-state index in [1.165, 1.54) is 31.7 Å². The third-order valence-corrected chi connectivity index (χ3v) is 14.3. The number of hydrogen-bond donors (Lipinski definition) is 1. The van der Waals surface area contributed by atoms with Crippen molar-refractivity contribution in [3.05, 3.63) is 70.3 Å². The summed E-state index contributed by atoms with van der Waals surface area (Å²) in [5.41, 5.74) is 5.32. The Morgan fingerprint density at radius 2 is 1.15 bits per heavy atom. The zero-order valence-electron chi connectivity index (χ0n) is 35.3. The highest BCUT2D eigenvalue weighted by Crippen LogP contribution is 2.62. The molecule has 0 bridgehead atoms. The van der Waals surface area contributed by atoms with Gasteiger partial charge in [0, 0.05) is 23.0 Å². The summed E-state index contributed by atoms with van der Waals surface area (Å²) in [7, 11) is 7.80. The quantitative estimate of drug-likeness (QED) is 0.180. The van der Waals surface area contributed by atoms with Gasteiger partial charge in [0.05, 0.1) is 28.2 Å². The summed E-state index contributed by atoms with van der Waals surface area (Å²) >= 11 is 0. The van der Waals surface area contributed by atoms with E-state index < -0.39 is 6.10 Å². The summed E-state index contributed by atoms with van der Waals surface area (Å²) in [5, 5.41) is 10.8. The predicted octanol–water partition coefficient (Wildman–Crippen LogP) is 12.5. The molecule has 6 heteroatoms. The van der Waals surface area contributed by atoms with E-state index in [1.54, 1.807) is 14.2 Å². The van der Waals surface area contributed by atoms with Crippen LogP contribution >= 0.6 is 0 Å². The molecule has 0 saturated heterocycles. The molecule has 306 valence electrons. The average Bonchev–Trinajstić information content (AvgIpc) is 3.09. The van der Waals surface area contributed by atoms with Crippen LogP contribution < -0.4 is 9.47 Å². The van der Waals surface area contributed by atoms with Crippen LogP contribution in [0.1, 0.15) is 153 Å². The van der Waals surface area contributed by atoms with Gasteiger partial charge in [-0.05, 0) is 146 Å². The van der Waals surface area contributed by atoms with Crippen LogP contribution in [0.15, 0.2) is 48.0 Å². The molecule has 0 aromatic heterocycles. The lowest BCUT2D eigenvalue weighted by molar-refractivity contribution is -0.125. The number of ketones is 2. The molecule has 3 saturated carbocycles. The maximum atomic E-state index is 13.7. The van der Waals surface area contributed by atoms with E-state index in [9.17, 15) is 14.7 Å². The largest absolute Gasteiger partial charge is 0.497 e. The number of aliphatic hydroxyl groups is 1. The lowest BCUT2D eigenvalue weighted by Crippen LogP contribution is -2.57. The fourth-order valence-corrected chi connectivity index (χ4v) is 11.9. The number of allylic oxidation sites excluding steroid dienone is 2. The summed E-state index contributed by atoms with van der Waals surface area (Å²) in [6, 6.07) is 11.7. The molecule has 3 fully saturated rings. The molecule has 6 rings (SSSR count). The monoisotopic (exact) mass is 757 g/mol. The fraction of sp³-hybridized carbons (Fsp3) is 0.673. The third-order valence-electron chi connectivity index (χ3n) is 14.3. The van der Waals surface area contributed by atoms with Gasteiger partial charge in [-0.3, -0.25) is 9.59 Å². The van der Waals surface area contributed by atoms with Gasteiger partial charge in [-0.2, -0.15) is 0 Å². The molecule has 0 heterocycles. The van der Waals surface area contributed by atoms with Crippen LogP contribution in [0.4, 0.5) is 0 Å². The molecule has 4 aliphatic rings. The Kier molecular flexibility index (Phi) is 16.3. The molecule has 55 heavy (non-hydrogen) atoms. The van der Waals surface area contributed by atoms with E-state index in [4.69, 9.17) is 9.47 Å². The second-order valence-electron chi connectivity index (χ2n) is 18.8. The van der Waals surface area contributed by atoms with Gasteiger partial charge in [0.1, 0.15) is 11.5 Å². The first-order chi connectivity index (χ1) is 24.8. The first-order valence-electron chi connectivity index (χ1n) is 20.1. The summed E-state index contributed by atoms with van der Waals surface area (Å²) in [5.74, 6) is 2.68. The number of rotatable bonds is 6. The summed E-state index contributed by atoms with van der Waals surface area (Å²) in [6.07, 6.45) is 10.9. The molecule has 1 N–H and O–H groups in total. The van der Waals surface area contributed by atoms with Crippen molar-refractivity contribution in [3.63, 3.8) is 0 Å². The Morgan fingerprint density at radius 3 is 1.64 bits per heavy atom. The number of methoxy groups -OCH3 is 2. The minimum absolute atomic E-state index is 0. The standard InChI is InChI=1S/C23H34O3.C23H32O2.CH3B.2CH4/c1-14-10-16(12-17(11-14)26-6)21(25)20-15(2)18(24)13-19-22(3,4)8-7-9-23(19,20)5;1-15-12-17(14-18(13-15)25-6)21(24)20-16(2)8-9-19-22(3,4)10-7-11-23(19,20)5;1-2;;/h10-12,15,18-20,24H,7-9,13H2,1-6H3;8,12-14,19-20H,7,9-11H2,1-6H3;1H3;2*1H4/t15-,18+,19-,20+,23-;19-,20+,23-;;;/m00.../s1. The van der Waals surface area contributed by atoms with Gasteiger partial charge >= 0.3 is 0 Å². The van der Waals surface area contributed by atoms with Crippen molar-refractivity contribution in [2.45, 2.75) is 148 Å². The second-order valence-corrected chi connectivity index (χ2v) is 18.8. The third kappa shape index (κ3) is 9.48. The number of carbonyl (C=O) groups is 2. The van der Waals surface area contributed by atoms with Gasteiger partial charge in [-0.1, -0.05) is 94.6 Å². The van der Waals surface area contributed by atoms with Crippen molar-refractivity contribution in [1.29, 1.82) is 0 Å². The van der Waals surface area contributed by atoms with Gasteiger partial charge in [0.15, 0.2) is 11.6 Å². The molecule has 4 aliphatic carbocycles. The number of aryl methyl sites for hydroxylation is 2. The molecule has 2 aromatic rings. The van der Waals surface area contributed by atoms with Crippen molar-refractivity contribution in [1.82, 2.24) is 0 Å². The van der Waals surface area contributed by atoms with Gasteiger partial charge in [0.25, 0.3) is 0 Å². The maximum Gasteiger partial charge on any atom is 0.170 e. The van der Waals surface area contributed by atoms with E-state index >= 15 is 0 Å². The van der Waals surface area contributed by atoms with Crippen LogP contribution in [0.3, 0.4) is 0 Å². The van der Waals surface area contributed by atoms with Crippen LogP contribution in [0.2, 0.25) is 6.82 Å². The molecule has 0 amide bonds. The number of hydrogen-bond acceptors (Lipinski definition) is 5. The molecule has 2 aromatic carbocycles. The Labute approximate surface area is 338 Å². The van der Waals surface area contributed by atoms with Crippen LogP contribution in [-0.4, -0.2) is 44.8 Å². The fourth-order valence-electron chi connectivity index (χ4n) is 11.9. The zero-order valence-corrected chi connectivity index (χ0v) is 35.3. The number of aliphatic hydroxyl groups excluding tert-OH is 1. The molecule has 2 radical (unpaired) electrons. The molecule has 0 aliphatic heterocycles. The molecular weight excluding hydrogens is 679 g/mol. The lowest BCUT2D eigenvalue weighted by Gasteiger charge is -2.59. The topological polar surface area (TPSA) is 72.8 Å². The normalized spacial score (nSPS) is 31.3. The van der Waals surface area contributed by atoms with Gasteiger partial charge in [-0.15, -0.1) is 0 Å². The number of Topliss-reactive ketones (excluding diaryl/α,β-unsaturated/α-hetero) is 2. The highest BCUT2D eigenvalue weighted by Gasteiger charge is 2.58. The van der Waals surface area contributed by atoms with Crippen LogP contribution in [0.25, 0.3) is 0 Å². The summed E-state index contributed by atoms with van der Waals surface area (Å²) < 4.78 is 10.8. The Morgan fingerprint density at radius 1 is 0.691 bits per heavy atom. The Bertz CT molecular complexity index is 1660. The predicted molar refractivity (Wildman–Crippen MR) is 233 cm³/mol. The molecule has 0 unspecified atom stereocenters. The van der Waals surface area contributed by atoms with E-state index in [-0.39, 0.29) is 60.4 Å². The van der Waals surface area contributed by atoms with Crippen molar-refractivity contribution in [2.75, 3.05) is 14.2 Å². The lowest BCUT2D eigenvalue weighted by atomic mass is 9.45. The van der Waals surface area contributed by atoms with Crippen LogP contribution in [0, 0.1) is 65.1 Å². The van der Waals surface area contributed by atoms with E-state index in [1.807, 2.05) is 50.2 Å². The summed E-state index contributed by atoms with van der Waals surface area (Å²) in [4.78, 5) is 27.3. The van der Waals surface area contributed by atoms with Crippen molar-refractivity contribution < 1.29 is 24.2 Å². The number of carbonyl (C=O) groups excluding carboxylic acids is 2. The average molecular weight is 757 g/mol. The Hall–Kier alpha value is -2.86. The highest BCUT2D eigenvalue weighted by atomic mass is 16.5. The first-order valence-corrected chi connectivity index (χ1v) is 20.1. The molecule has 5 nitrogen and oxygen atoms in total. The van der Waals surface area contributed by atoms with Crippen LogP contribution in [0.5, 0.6) is 11.5 Å². The van der Waals surface area contributed by atoms with Gasteiger partial charge < -0.3 is 14.6 Å². The van der Waals surface area contributed by atoms with Gasteiger partial charge in [-0.25, -0.2) is 0 Å². The minimum atomic E-state index is -0.411. The number of ether oxygens (including phenoxy) is 2. The number of benzene rings is 2. The zero-order chi connectivity index (χ0) is 39.7. The van der Waals surface area contributed by atoms with E-state index in [0.717, 1.165) is 65.9 Å². The molecule has 8 atom stereocenters. The number of fused-ring (bicyclic) bond motifs is 2. The summed E-state index contributed by atoms with van der Waals surface area (Å²) in [6.45, 7) is 23.8. The minimum Gasteiger partial charge on any atom is -0.497 e. The second kappa shape index (κ2) is 18.6. The van der Waals surface area contributed by atoms with E-state index in [2.05, 4.69) is 69.3 Å². The SMILES string of the molecule is C.C.COc1cc(C)cc(C(=O)[C@H]2C(C)=CC[C@H]3C(C)(C)CCC[C@]23C)c1.COc1cc(C)cc(C(=O)[C@H]2[C@@H](C)[C@H](O)C[C@H]3C(C)(C)CCC[C@]23C)c1.[B]C. The maximum absolute atomic E-state index is 13.7. The van der Waals surface area contributed by atoms with Crippen molar-refractivity contribution in [3.8, 4) is 11.5 Å². The highest BCUT2D eigenvalue weighted by molar-refractivity contribution is 6.05.